The summed E-state index contributed by atoms with van der Waals surface area (Å²) in [5, 5.41) is 3.06. The summed E-state index contributed by atoms with van der Waals surface area (Å²) in [4.78, 5) is 39.9. The van der Waals surface area contributed by atoms with E-state index in [1.807, 2.05) is 124 Å². The average Bonchev–Trinajstić information content (AvgIpc) is 3.74. The third-order valence-corrected chi connectivity index (χ3v) is 12.6. The van der Waals surface area contributed by atoms with Gasteiger partial charge in [0.05, 0.1) is 42.1 Å². The van der Waals surface area contributed by atoms with Crippen molar-refractivity contribution in [3.63, 3.8) is 0 Å². The van der Waals surface area contributed by atoms with Crippen LogP contribution in [0.3, 0.4) is 0 Å². The second kappa shape index (κ2) is 17.0. The molecule has 1 aliphatic rings. The van der Waals surface area contributed by atoms with Gasteiger partial charge in [0.25, 0.3) is 5.91 Å². The van der Waals surface area contributed by atoms with Crippen molar-refractivity contribution in [2.24, 2.45) is 7.05 Å². The number of carbonyl (C=O) groups is 2. The number of carbonyl (C=O) groups excluding carboxylic acids is 2. The molecule has 12 heteroatoms. The summed E-state index contributed by atoms with van der Waals surface area (Å²) in [6.45, 7) is 13.5. The van der Waals surface area contributed by atoms with Crippen molar-refractivity contribution in [1.82, 2.24) is 19.1 Å². The Morgan fingerprint density at radius 1 is 0.869 bits per heavy atom. The number of hydrogen-bond acceptors (Lipinski definition) is 7. The highest BCUT2D eigenvalue weighted by atomic mass is 35.5. The Labute approximate surface area is 366 Å². The molecule has 10 nitrogen and oxygen atoms in total. The minimum Gasteiger partial charge on any atom is -0.494 e. The molecule has 0 spiro atoms. The fourth-order valence-corrected chi connectivity index (χ4v) is 9.34. The highest BCUT2D eigenvalue weighted by Gasteiger charge is 2.38. The fraction of sp³-hybridized carbons (Fsp3) is 0.306. The van der Waals surface area contributed by atoms with Crippen LogP contribution in [0.25, 0.3) is 32.9 Å². The molecule has 61 heavy (non-hydrogen) atoms. The number of esters is 1. The predicted octanol–water partition coefficient (Wildman–Crippen LogP) is 11.2. The van der Waals surface area contributed by atoms with E-state index in [0.717, 1.165) is 88.6 Å². The van der Waals surface area contributed by atoms with Crippen LogP contribution in [0.4, 0.5) is 5.69 Å². The molecule has 0 aliphatic carbocycles. The first kappa shape index (κ1) is 42.0. The third kappa shape index (κ3) is 7.77. The Morgan fingerprint density at radius 3 is 2.26 bits per heavy atom. The third-order valence-electron chi connectivity index (χ3n) is 11.7. The second-order valence-corrected chi connectivity index (χ2v) is 16.9. The lowest BCUT2D eigenvalue weighted by atomic mass is 9.97. The van der Waals surface area contributed by atoms with Gasteiger partial charge < -0.3 is 28.2 Å². The summed E-state index contributed by atoms with van der Waals surface area (Å²) < 4.78 is 21.4. The van der Waals surface area contributed by atoms with Gasteiger partial charge in [0, 0.05) is 57.9 Å². The van der Waals surface area contributed by atoms with Crippen molar-refractivity contribution in [1.29, 1.82) is 0 Å². The van der Waals surface area contributed by atoms with E-state index in [9.17, 15) is 4.79 Å². The summed E-state index contributed by atoms with van der Waals surface area (Å²) in [7, 11) is 3.20. The normalized spacial score (nSPS) is 14.0. The van der Waals surface area contributed by atoms with E-state index < -0.39 is 5.97 Å². The van der Waals surface area contributed by atoms with Crippen molar-refractivity contribution in [2.45, 2.75) is 73.6 Å². The number of ether oxygens (including phenoxy) is 3. The molecule has 0 saturated carbocycles. The van der Waals surface area contributed by atoms with Gasteiger partial charge in [-0.1, -0.05) is 59.6 Å². The van der Waals surface area contributed by atoms with Gasteiger partial charge in [0.1, 0.15) is 23.7 Å². The predicted molar refractivity (Wildman–Crippen MR) is 243 cm³/mol. The summed E-state index contributed by atoms with van der Waals surface area (Å²) in [6.07, 6.45) is 1.20. The van der Waals surface area contributed by atoms with Crippen LogP contribution in [0.5, 0.6) is 5.75 Å². The van der Waals surface area contributed by atoms with Gasteiger partial charge in [0.15, 0.2) is 5.82 Å². The lowest BCUT2D eigenvalue weighted by Gasteiger charge is -2.35. The van der Waals surface area contributed by atoms with Crippen LogP contribution < -0.4 is 9.64 Å². The van der Waals surface area contributed by atoms with Gasteiger partial charge >= 0.3 is 5.97 Å². The van der Waals surface area contributed by atoms with E-state index >= 15 is 4.79 Å². The number of aryl methyl sites for hydroxylation is 7. The molecule has 0 N–H and O–H groups in total. The maximum atomic E-state index is 15.4. The molecular weight excluding hydrogens is 809 g/mol. The van der Waals surface area contributed by atoms with Crippen LogP contribution >= 0.6 is 23.2 Å². The van der Waals surface area contributed by atoms with Crippen molar-refractivity contribution in [3.8, 4) is 16.9 Å². The maximum absolute atomic E-state index is 15.4. The number of nitrogens with zero attached hydrogens (tertiary/aromatic N) is 5. The van der Waals surface area contributed by atoms with Crippen LogP contribution in [-0.2, 0) is 36.2 Å². The van der Waals surface area contributed by atoms with Gasteiger partial charge in [0.2, 0.25) is 0 Å². The largest absolute Gasteiger partial charge is 0.494 e. The summed E-state index contributed by atoms with van der Waals surface area (Å²) in [5.74, 6) is 0.757. The molecule has 3 aromatic heterocycles. The first-order chi connectivity index (χ1) is 29.3. The standard InChI is InChI=1S/C49H49Cl2N5O5/c1-27-19-34-23-40(49(58)59-8)54(7)45(34)39(20-27)55-24-30(4)56-46-37(36(47(56)48(55)57)15-12-18-61-35-21-28(2)44(51)29(3)22-35)16-17-38(50)43(46)42-31(5)52-41(53-32(42)6)26-60-25-33-13-10-9-11-14-33/h9-11,13-14,16-17,19-23,30H,12,15,18,24-26H2,1-8H3/t30-/m1/s1. The summed E-state index contributed by atoms with van der Waals surface area (Å²) in [6, 6.07) is 23.5. The van der Waals surface area contributed by atoms with Gasteiger partial charge in [-0.2, -0.15) is 0 Å². The van der Waals surface area contributed by atoms with E-state index in [1.165, 1.54) is 7.11 Å². The average molecular weight is 859 g/mol. The van der Waals surface area contributed by atoms with Crippen LogP contribution in [0.2, 0.25) is 10.0 Å². The van der Waals surface area contributed by atoms with E-state index in [0.29, 0.717) is 54.8 Å². The minimum absolute atomic E-state index is 0.139. The monoisotopic (exact) mass is 857 g/mol. The fourth-order valence-electron chi connectivity index (χ4n) is 8.98. The van der Waals surface area contributed by atoms with Crippen LogP contribution in [0.15, 0.2) is 72.8 Å². The number of fused-ring (bicyclic) bond motifs is 4. The molecule has 4 aromatic carbocycles. The molecule has 1 amide bonds. The smallest absolute Gasteiger partial charge is 0.354 e. The number of amides is 1. The van der Waals surface area contributed by atoms with Gasteiger partial charge in [-0.05, 0) is 119 Å². The van der Waals surface area contributed by atoms with E-state index in [4.69, 9.17) is 47.4 Å². The number of rotatable bonds is 12. The zero-order valence-corrected chi connectivity index (χ0v) is 37.3. The Morgan fingerprint density at radius 2 is 1.57 bits per heavy atom. The zero-order valence-electron chi connectivity index (χ0n) is 35.8. The Kier molecular flexibility index (Phi) is 11.7. The first-order valence-electron chi connectivity index (χ1n) is 20.5. The summed E-state index contributed by atoms with van der Waals surface area (Å²) >= 11 is 13.7. The van der Waals surface area contributed by atoms with Gasteiger partial charge in [-0.25, -0.2) is 14.8 Å². The molecule has 0 fully saturated rings. The van der Waals surface area contributed by atoms with Crippen molar-refractivity contribution < 1.29 is 23.8 Å². The molecule has 0 saturated heterocycles. The van der Waals surface area contributed by atoms with Crippen LogP contribution in [-0.4, -0.2) is 51.2 Å². The molecular formula is C49H49Cl2N5O5. The molecule has 4 heterocycles. The molecule has 1 atom stereocenters. The number of halogens is 2. The van der Waals surface area contributed by atoms with Crippen molar-refractivity contribution in [3.05, 3.63) is 139 Å². The number of anilines is 1. The molecule has 0 radical (unpaired) electrons. The van der Waals surface area contributed by atoms with Crippen molar-refractivity contribution in [2.75, 3.05) is 25.2 Å². The quantitative estimate of drug-likeness (QED) is 0.0891. The molecule has 0 unspecified atom stereocenters. The lowest BCUT2D eigenvalue weighted by Crippen LogP contribution is -2.43. The zero-order chi connectivity index (χ0) is 43.3. The molecule has 8 rings (SSSR count). The number of hydrogen-bond donors (Lipinski definition) is 0. The van der Waals surface area contributed by atoms with E-state index in [1.54, 1.807) is 0 Å². The van der Waals surface area contributed by atoms with Crippen LogP contribution in [0.1, 0.15) is 85.4 Å². The molecule has 314 valence electrons. The van der Waals surface area contributed by atoms with Gasteiger partial charge in [-0.15, -0.1) is 0 Å². The SMILES string of the molecule is COC(=O)c1cc2cc(C)cc(N3C[C@@H](C)n4c(c(CCCOc5cc(C)c(Cl)c(C)c5)c5ccc(Cl)c(-c6c(C)nc(COCc7ccccc7)nc6C)c54)C3=O)c2n1C. The lowest BCUT2D eigenvalue weighted by molar-refractivity contribution is 0.0590. The topological polar surface area (TPSA) is 101 Å². The highest BCUT2D eigenvalue weighted by Crippen LogP contribution is 2.45. The highest BCUT2D eigenvalue weighted by molar-refractivity contribution is 6.35. The summed E-state index contributed by atoms with van der Waals surface area (Å²) in [5.41, 5.74) is 11.4. The van der Waals surface area contributed by atoms with Crippen molar-refractivity contribution >= 4 is 62.6 Å². The minimum atomic E-state index is -0.444. The Hall–Kier alpha value is -5.68. The van der Waals surface area contributed by atoms with E-state index in [-0.39, 0.29) is 18.6 Å². The maximum Gasteiger partial charge on any atom is 0.354 e. The number of aromatic nitrogens is 4. The number of methoxy groups -OCH3 is 1. The van der Waals surface area contributed by atoms with Crippen LogP contribution in [0, 0.1) is 34.6 Å². The number of benzene rings is 4. The molecule has 7 aromatic rings. The van der Waals surface area contributed by atoms with Gasteiger partial charge in [-0.3, -0.25) is 4.79 Å². The Bertz CT molecular complexity index is 2820. The second-order valence-electron chi connectivity index (χ2n) is 16.1. The Balaban J connectivity index is 1.24. The molecule has 1 aliphatic heterocycles. The van der Waals surface area contributed by atoms with E-state index in [2.05, 4.69) is 11.5 Å². The first-order valence-corrected chi connectivity index (χ1v) is 21.2. The molecule has 0 bridgehead atoms.